The monoisotopic (exact) mass is 210 g/mol. The highest BCUT2D eigenvalue weighted by molar-refractivity contribution is 6.30. The Morgan fingerprint density at radius 1 is 1.29 bits per heavy atom. The number of halogens is 1. The molecule has 72 valence electrons. The largest absolute Gasteiger partial charge is 0.374 e. The van der Waals surface area contributed by atoms with Gasteiger partial charge in [-0.05, 0) is 34.7 Å². The van der Waals surface area contributed by atoms with E-state index in [-0.39, 0.29) is 6.73 Å². The second-order valence-corrected chi connectivity index (χ2v) is 3.09. The lowest BCUT2D eigenvalue weighted by molar-refractivity contribution is 0.194. The number of hydrogen-bond acceptors (Lipinski definition) is 4. The van der Waals surface area contributed by atoms with Crippen LogP contribution in [0, 0.1) is 0 Å². The number of aliphatic hydroxyl groups is 1. The Kier molecular flexibility index (Phi) is 2.43. The van der Waals surface area contributed by atoms with Crippen molar-refractivity contribution < 1.29 is 5.11 Å². The molecule has 14 heavy (non-hydrogen) atoms. The van der Waals surface area contributed by atoms with Gasteiger partial charge in [-0.15, -0.1) is 5.10 Å². The van der Waals surface area contributed by atoms with E-state index in [9.17, 15) is 0 Å². The minimum absolute atomic E-state index is 0.245. The molecule has 0 aliphatic heterocycles. The van der Waals surface area contributed by atoms with Gasteiger partial charge in [-0.3, -0.25) is 0 Å². The number of rotatable bonds is 2. The summed E-state index contributed by atoms with van der Waals surface area (Å²) >= 11 is 5.74. The van der Waals surface area contributed by atoms with Gasteiger partial charge in [-0.1, -0.05) is 11.6 Å². The summed E-state index contributed by atoms with van der Waals surface area (Å²) in [5, 5.41) is 20.4. The maximum absolute atomic E-state index is 8.92. The van der Waals surface area contributed by atoms with Gasteiger partial charge in [-0.2, -0.15) is 4.68 Å². The zero-order valence-electron chi connectivity index (χ0n) is 7.13. The van der Waals surface area contributed by atoms with E-state index in [1.165, 1.54) is 4.68 Å². The van der Waals surface area contributed by atoms with Crippen molar-refractivity contribution in [2.45, 2.75) is 6.73 Å². The molecule has 0 fully saturated rings. The van der Waals surface area contributed by atoms with Crippen LogP contribution < -0.4 is 0 Å². The summed E-state index contributed by atoms with van der Waals surface area (Å²) in [6, 6.07) is 7.07. The minimum atomic E-state index is -0.245. The molecule has 0 spiro atoms. The van der Waals surface area contributed by atoms with Crippen molar-refractivity contribution in [3.63, 3.8) is 0 Å². The summed E-state index contributed by atoms with van der Waals surface area (Å²) in [6.07, 6.45) is 0. The molecule has 6 heteroatoms. The quantitative estimate of drug-likeness (QED) is 0.802. The van der Waals surface area contributed by atoms with Crippen molar-refractivity contribution in [3.05, 3.63) is 29.3 Å². The molecule has 0 bridgehead atoms. The van der Waals surface area contributed by atoms with Crippen molar-refractivity contribution in [3.8, 4) is 11.4 Å². The maximum Gasteiger partial charge on any atom is 0.184 e. The molecule has 0 atom stereocenters. The molecule has 1 N–H and O–H groups in total. The Morgan fingerprint density at radius 2 is 2.00 bits per heavy atom. The summed E-state index contributed by atoms with van der Waals surface area (Å²) in [5.74, 6) is 0.518. The first-order valence-corrected chi connectivity index (χ1v) is 4.32. The van der Waals surface area contributed by atoms with Crippen LogP contribution in [0.25, 0.3) is 11.4 Å². The summed E-state index contributed by atoms with van der Waals surface area (Å²) in [6.45, 7) is -0.245. The normalized spacial score (nSPS) is 10.4. The van der Waals surface area contributed by atoms with E-state index < -0.39 is 0 Å². The predicted octanol–water partition coefficient (Wildman–Crippen LogP) is 0.943. The molecular formula is C8H7ClN4O. The van der Waals surface area contributed by atoms with Gasteiger partial charge in [0.15, 0.2) is 5.82 Å². The molecule has 1 aromatic carbocycles. The number of nitrogens with zero attached hydrogens (tertiary/aromatic N) is 4. The van der Waals surface area contributed by atoms with E-state index in [0.29, 0.717) is 10.8 Å². The van der Waals surface area contributed by atoms with Crippen molar-refractivity contribution in [1.29, 1.82) is 0 Å². The Labute approximate surface area is 84.9 Å². The highest BCUT2D eigenvalue weighted by Crippen LogP contribution is 2.18. The molecule has 0 unspecified atom stereocenters. The Morgan fingerprint density at radius 3 is 2.64 bits per heavy atom. The van der Waals surface area contributed by atoms with Crippen LogP contribution in [-0.2, 0) is 6.73 Å². The van der Waals surface area contributed by atoms with Crippen LogP contribution in [0.15, 0.2) is 24.3 Å². The first-order chi connectivity index (χ1) is 6.81. The SMILES string of the molecule is OCn1nnnc1-c1ccc(Cl)cc1. The third kappa shape index (κ3) is 1.59. The molecule has 2 aromatic rings. The van der Waals surface area contributed by atoms with Crippen LogP contribution in [0.2, 0.25) is 5.02 Å². The van der Waals surface area contributed by atoms with Crippen LogP contribution in [0.3, 0.4) is 0 Å². The fourth-order valence-electron chi connectivity index (χ4n) is 1.11. The second-order valence-electron chi connectivity index (χ2n) is 2.65. The Bertz CT molecular complexity index is 425. The van der Waals surface area contributed by atoms with Gasteiger partial charge in [0.1, 0.15) is 6.73 Å². The third-order valence-electron chi connectivity index (χ3n) is 1.77. The highest BCUT2D eigenvalue weighted by Gasteiger charge is 2.06. The smallest absolute Gasteiger partial charge is 0.184 e. The van der Waals surface area contributed by atoms with Gasteiger partial charge in [0, 0.05) is 10.6 Å². The van der Waals surface area contributed by atoms with Crippen molar-refractivity contribution in [2.24, 2.45) is 0 Å². The standard InChI is InChI=1S/C8H7ClN4O/c9-7-3-1-6(2-4-7)8-10-11-12-13(8)5-14/h1-4,14H,5H2. The first kappa shape index (κ1) is 9.11. The van der Waals surface area contributed by atoms with Gasteiger partial charge in [0.05, 0.1) is 0 Å². The summed E-state index contributed by atoms with van der Waals surface area (Å²) in [4.78, 5) is 0. The van der Waals surface area contributed by atoms with Crippen molar-refractivity contribution in [2.75, 3.05) is 0 Å². The van der Waals surface area contributed by atoms with Crippen LogP contribution in [0.4, 0.5) is 0 Å². The number of aliphatic hydroxyl groups excluding tert-OH is 1. The molecule has 1 aromatic heterocycles. The molecule has 0 amide bonds. The lowest BCUT2D eigenvalue weighted by Gasteiger charge is -1.99. The fraction of sp³-hybridized carbons (Fsp3) is 0.125. The average molecular weight is 211 g/mol. The molecule has 0 saturated heterocycles. The molecule has 0 aliphatic carbocycles. The van der Waals surface area contributed by atoms with E-state index >= 15 is 0 Å². The van der Waals surface area contributed by atoms with Gasteiger partial charge in [0.2, 0.25) is 0 Å². The highest BCUT2D eigenvalue weighted by atomic mass is 35.5. The molecule has 0 aliphatic rings. The van der Waals surface area contributed by atoms with Crippen LogP contribution in [-0.4, -0.2) is 25.3 Å². The van der Waals surface area contributed by atoms with Gasteiger partial charge in [-0.25, -0.2) is 0 Å². The van der Waals surface area contributed by atoms with E-state index in [1.54, 1.807) is 24.3 Å². The lowest BCUT2D eigenvalue weighted by Crippen LogP contribution is -2.01. The topological polar surface area (TPSA) is 63.8 Å². The van der Waals surface area contributed by atoms with Gasteiger partial charge in [0.25, 0.3) is 0 Å². The average Bonchev–Trinajstić information content (AvgIpc) is 2.67. The lowest BCUT2D eigenvalue weighted by atomic mass is 10.2. The Hall–Kier alpha value is -1.46. The third-order valence-corrected chi connectivity index (χ3v) is 2.02. The molecule has 5 nitrogen and oxygen atoms in total. The predicted molar refractivity (Wildman–Crippen MR) is 50.5 cm³/mol. The number of tetrazole rings is 1. The van der Waals surface area contributed by atoms with E-state index in [2.05, 4.69) is 15.5 Å². The minimum Gasteiger partial charge on any atom is -0.374 e. The molecule has 0 radical (unpaired) electrons. The van der Waals surface area contributed by atoms with Crippen LogP contribution in [0.5, 0.6) is 0 Å². The van der Waals surface area contributed by atoms with Crippen LogP contribution >= 0.6 is 11.6 Å². The molecule has 2 rings (SSSR count). The van der Waals surface area contributed by atoms with E-state index in [1.807, 2.05) is 0 Å². The van der Waals surface area contributed by atoms with Gasteiger partial charge >= 0.3 is 0 Å². The number of benzene rings is 1. The summed E-state index contributed by atoms with van der Waals surface area (Å²) < 4.78 is 1.29. The Balaban J connectivity index is 2.44. The molecular weight excluding hydrogens is 204 g/mol. The summed E-state index contributed by atoms with van der Waals surface area (Å²) in [7, 11) is 0. The molecule has 1 heterocycles. The summed E-state index contributed by atoms with van der Waals surface area (Å²) in [5.41, 5.74) is 0.813. The zero-order valence-corrected chi connectivity index (χ0v) is 7.89. The number of hydrogen-bond donors (Lipinski definition) is 1. The van der Waals surface area contributed by atoms with E-state index in [0.717, 1.165) is 5.56 Å². The first-order valence-electron chi connectivity index (χ1n) is 3.94. The number of aromatic nitrogens is 4. The van der Waals surface area contributed by atoms with Gasteiger partial charge < -0.3 is 5.11 Å². The van der Waals surface area contributed by atoms with Crippen molar-refractivity contribution in [1.82, 2.24) is 20.2 Å². The van der Waals surface area contributed by atoms with Crippen LogP contribution in [0.1, 0.15) is 0 Å². The second kappa shape index (κ2) is 3.73. The molecule has 0 saturated carbocycles. The van der Waals surface area contributed by atoms with E-state index in [4.69, 9.17) is 16.7 Å². The van der Waals surface area contributed by atoms with Crippen molar-refractivity contribution >= 4 is 11.6 Å². The maximum atomic E-state index is 8.92. The fourth-order valence-corrected chi connectivity index (χ4v) is 1.23. The zero-order chi connectivity index (χ0) is 9.97.